The summed E-state index contributed by atoms with van der Waals surface area (Å²) in [5.41, 5.74) is 8.08. The Morgan fingerprint density at radius 3 is 2.21 bits per heavy atom. The van der Waals surface area contributed by atoms with Crippen molar-refractivity contribution in [2.75, 3.05) is 0 Å². The Hall–Kier alpha value is -2.87. The van der Waals surface area contributed by atoms with Gasteiger partial charge in [-0.2, -0.15) is 0 Å². The molecule has 0 unspecified atom stereocenters. The average Bonchev–Trinajstić information content (AvgIpc) is 2.70. The first kappa shape index (κ1) is 19.9. The summed E-state index contributed by atoms with van der Waals surface area (Å²) in [7, 11) is 0. The molecule has 1 N–H and O–H groups in total. The molecular weight excluding hydrogens is 342 g/mol. The minimum Gasteiger partial charge on any atom is -0.345 e. The van der Waals surface area contributed by atoms with Crippen LogP contribution in [0.1, 0.15) is 56.7 Å². The molecule has 28 heavy (non-hydrogen) atoms. The van der Waals surface area contributed by atoms with Crippen LogP contribution in [0.25, 0.3) is 0 Å². The van der Waals surface area contributed by atoms with E-state index in [0.29, 0.717) is 0 Å². The molecule has 0 fully saturated rings. The number of carbonyl (C=O) groups excluding carboxylic acids is 1. The molecule has 3 aromatic carbocycles. The van der Waals surface area contributed by atoms with Crippen LogP contribution in [-0.4, -0.2) is 5.91 Å². The summed E-state index contributed by atoms with van der Waals surface area (Å²) in [5.74, 6) is -0.00575. The van der Waals surface area contributed by atoms with Crippen LogP contribution in [0.15, 0.2) is 66.7 Å². The van der Waals surface area contributed by atoms with E-state index in [-0.39, 0.29) is 11.9 Å². The van der Waals surface area contributed by atoms with Crippen LogP contribution in [0.4, 0.5) is 0 Å². The maximum Gasteiger partial charge on any atom is 0.252 e. The summed E-state index contributed by atoms with van der Waals surface area (Å²) in [6.45, 7) is 8.41. The zero-order valence-electron chi connectivity index (χ0n) is 17.3. The minimum absolute atomic E-state index is 0.00575. The van der Waals surface area contributed by atoms with Gasteiger partial charge >= 0.3 is 0 Å². The van der Waals surface area contributed by atoms with Crippen molar-refractivity contribution >= 4 is 5.91 Å². The van der Waals surface area contributed by atoms with Gasteiger partial charge in [0.05, 0.1) is 6.04 Å². The number of amides is 1. The SMILES string of the molecule is Cc1cc(C)c([C@@H](C)NC(=O)c2ccccc2CCc2ccccc2)cc1C. The van der Waals surface area contributed by atoms with Gasteiger partial charge in [0.2, 0.25) is 0 Å². The van der Waals surface area contributed by atoms with Gasteiger partial charge in [-0.15, -0.1) is 0 Å². The van der Waals surface area contributed by atoms with Gasteiger partial charge in [0.15, 0.2) is 0 Å². The lowest BCUT2D eigenvalue weighted by Gasteiger charge is -2.19. The topological polar surface area (TPSA) is 29.1 Å². The van der Waals surface area contributed by atoms with Crippen LogP contribution in [0, 0.1) is 20.8 Å². The fourth-order valence-electron chi connectivity index (χ4n) is 3.69. The zero-order valence-corrected chi connectivity index (χ0v) is 17.3. The van der Waals surface area contributed by atoms with Gasteiger partial charge in [-0.1, -0.05) is 60.7 Å². The molecule has 0 saturated carbocycles. The first-order valence-electron chi connectivity index (χ1n) is 9.96. The Labute approximate surface area is 168 Å². The van der Waals surface area contributed by atoms with E-state index in [2.05, 4.69) is 75.5 Å². The summed E-state index contributed by atoms with van der Waals surface area (Å²) in [4.78, 5) is 13.0. The van der Waals surface area contributed by atoms with Gasteiger partial charge in [0, 0.05) is 5.56 Å². The lowest BCUT2D eigenvalue weighted by Crippen LogP contribution is -2.28. The van der Waals surface area contributed by atoms with Crippen LogP contribution < -0.4 is 5.32 Å². The molecule has 0 spiro atoms. The van der Waals surface area contributed by atoms with Crippen LogP contribution in [-0.2, 0) is 12.8 Å². The van der Waals surface area contributed by atoms with Crippen LogP contribution >= 0.6 is 0 Å². The molecule has 0 aromatic heterocycles. The molecule has 1 atom stereocenters. The van der Waals surface area contributed by atoms with Crippen LogP contribution in [0.2, 0.25) is 0 Å². The number of nitrogens with one attached hydrogen (secondary N) is 1. The molecule has 144 valence electrons. The summed E-state index contributed by atoms with van der Waals surface area (Å²) < 4.78 is 0. The Bertz CT molecular complexity index is 959. The first-order chi connectivity index (χ1) is 13.5. The molecule has 2 heteroatoms. The molecular formula is C26H29NO. The molecule has 0 aliphatic carbocycles. The number of carbonyl (C=O) groups is 1. The van der Waals surface area contributed by atoms with Gasteiger partial charge < -0.3 is 5.32 Å². The molecule has 0 bridgehead atoms. The number of hydrogen-bond acceptors (Lipinski definition) is 1. The number of hydrogen-bond donors (Lipinski definition) is 1. The quantitative estimate of drug-likeness (QED) is 0.575. The van der Waals surface area contributed by atoms with Crippen LogP contribution in [0.5, 0.6) is 0 Å². The second kappa shape index (κ2) is 8.88. The predicted molar refractivity (Wildman–Crippen MR) is 117 cm³/mol. The molecule has 0 saturated heterocycles. The second-order valence-corrected chi connectivity index (χ2v) is 7.63. The van der Waals surface area contributed by atoms with E-state index in [4.69, 9.17) is 0 Å². The summed E-state index contributed by atoms with van der Waals surface area (Å²) >= 11 is 0. The van der Waals surface area contributed by atoms with Crippen molar-refractivity contribution in [1.29, 1.82) is 0 Å². The molecule has 3 aromatic rings. The second-order valence-electron chi connectivity index (χ2n) is 7.63. The van der Waals surface area contributed by atoms with E-state index < -0.39 is 0 Å². The highest BCUT2D eigenvalue weighted by Crippen LogP contribution is 2.22. The van der Waals surface area contributed by atoms with Gasteiger partial charge in [-0.3, -0.25) is 4.79 Å². The third-order valence-corrected chi connectivity index (χ3v) is 5.48. The van der Waals surface area contributed by atoms with E-state index in [1.807, 2.05) is 24.3 Å². The average molecular weight is 372 g/mol. The van der Waals surface area contributed by atoms with Crippen molar-refractivity contribution < 1.29 is 4.79 Å². The first-order valence-corrected chi connectivity index (χ1v) is 9.96. The highest BCUT2D eigenvalue weighted by Gasteiger charge is 2.16. The molecule has 0 heterocycles. The maximum atomic E-state index is 13.0. The van der Waals surface area contributed by atoms with Crippen molar-refractivity contribution in [2.24, 2.45) is 0 Å². The smallest absolute Gasteiger partial charge is 0.252 e. The summed E-state index contributed by atoms with van der Waals surface area (Å²) in [5, 5.41) is 3.20. The van der Waals surface area contributed by atoms with Crippen LogP contribution in [0.3, 0.4) is 0 Å². The largest absolute Gasteiger partial charge is 0.345 e. The summed E-state index contributed by atoms with van der Waals surface area (Å²) in [6, 6.07) is 22.7. The predicted octanol–water partition coefficient (Wildman–Crippen LogP) is 5.89. The molecule has 3 rings (SSSR count). The van der Waals surface area contributed by atoms with Gasteiger partial charge in [-0.25, -0.2) is 0 Å². The van der Waals surface area contributed by atoms with Crippen molar-refractivity contribution in [3.05, 3.63) is 106 Å². The molecule has 0 aliphatic heterocycles. The fourth-order valence-corrected chi connectivity index (χ4v) is 3.69. The molecule has 0 radical (unpaired) electrons. The lowest BCUT2D eigenvalue weighted by atomic mass is 9.95. The van der Waals surface area contributed by atoms with Gasteiger partial charge in [0.25, 0.3) is 5.91 Å². The maximum absolute atomic E-state index is 13.0. The molecule has 2 nitrogen and oxygen atoms in total. The molecule has 0 aliphatic rings. The highest BCUT2D eigenvalue weighted by molar-refractivity contribution is 5.96. The Morgan fingerprint density at radius 2 is 1.46 bits per heavy atom. The summed E-state index contributed by atoms with van der Waals surface area (Å²) in [6.07, 6.45) is 1.78. The Kier molecular flexibility index (Phi) is 6.30. The third kappa shape index (κ3) is 4.69. The van der Waals surface area contributed by atoms with Crippen molar-refractivity contribution in [1.82, 2.24) is 5.32 Å². The zero-order chi connectivity index (χ0) is 20.1. The Balaban J connectivity index is 1.75. The number of aryl methyl sites for hydroxylation is 5. The van der Waals surface area contributed by atoms with E-state index in [1.165, 1.54) is 27.8 Å². The van der Waals surface area contributed by atoms with Gasteiger partial charge in [0.1, 0.15) is 0 Å². The van der Waals surface area contributed by atoms with Crippen molar-refractivity contribution in [3.63, 3.8) is 0 Å². The van der Waals surface area contributed by atoms with Gasteiger partial charge in [-0.05, 0) is 80.0 Å². The number of benzene rings is 3. The number of rotatable bonds is 6. The van der Waals surface area contributed by atoms with E-state index in [0.717, 1.165) is 24.0 Å². The Morgan fingerprint density at radius 1 is 0.821 bits per heavy atom. The van der Waals surface area contributed by atoms with E-state index in [9.17, 15) is 4.79 Å². The van der Waals surface area contributed by atoms with E-state index in [1.54, 1.807) is 0 Å². The fraction of sp³-hybridized carbons (Fsp3) is 0.269. The van der Waals surface area contributed by atoms with E-state index >= 15 is 0 Å². The standard InChI is InChI=1S/C26H29NO/c1-18-16-20(3)25(17-19(18)2)21(4)27-26(28)24-13-9-8-12-23(24)15-14-22-10-6-5-7-11-22/h5-13,16-17,21H,14-15H2,1-4H3,(H,27,28)/t21-/m1/s1. The van der Waals surface area contributed by atoms with Crippen molar-refractivity contribution in [3.8, 4) is 0 Å². The molecule has 1 amide bonds. The monoisotopic (exact) mass is 371 g/mol. The van der Waals surface area contributed by atoms with Crippen molar-refractivity contribution in [2.45, 2.75) is 46.6 Å². The minimum atomic E-state index is -0.0334. The highest BCUT2D eigenvalue weighted by atomic mass is 16.1. The third-order valence-electron chi connectivity index (χ3n) is 5.48. The lowest BCUT2D eigenvalue weighted by molar-refractivity contribution is 0.0939. The normalized spacial score (nSPS) is 11.9.